The van der Waals surface area contributed by atoms with Gasteiger partial charge in [-0.1, -0.05) is 0 Å². The predicted octanol–water partition coefficient (Wildman–Crippen LogP) is 1.21. The van der Waals surface area contributed by atoms with E-state index in [0.717, 1.165) is 11.9 Å². The third-order valence-electron chi connectivity index (χ3n) is 2.46. The molecule has 100 valence electrons. The summed E-state index contributed by atoms with van der Waals surface area (Å²) in [7, 11) is 3.41. The Labute approximate surface area is 108 Å². The summed E-state index contributed by atoms with van der Waals surface area (Å²) < 4.78 is 1.61. The first-order chi connectivity index (χ1) is 9.01. The van der Waals surface area contributed by atoms with Crippen molar-refractivity contribution in [3.8, 4) is 0 Å². The molecule has 2 N–H and O–H groups in total. The molecule has 0 saturated heterocycles. The molecule has 9 nitrogen and oxygen atoms in total. The minimum Gasteiger partial charge on any atom is -0.357 e. The molecule has 0 aromatic carbocycles. The molecule has 0 bridgehead atoms. The van der Waals surface area contributed by atoms with E-state index in [9.17, 15) is 10.1 Å². The third-order valence-corrected chi connectivity index (χ3v) is 2.46. The topological polar surface area (TPSA) is 111 Å². The molecule has 0 spiro atoms. The number of hydrogen-bond acceptors (Lipinski definition) is 7. The second-order valence-corrected chi connectivity index (χ2v) is 3.86. The summed E-state index contributed by atoms with van der Waals surface area (Å²) in [6, 6.07) is 0. The number of rotatable bonds is 4. The average Bonchev–Trinajstić information content (AvgIpc) is 2.67. The van der Waals surface area contributed by atoms with Gasteiger partial charge in [-0.15, -0.1) is 0 Å². The van der Waals surface area contributed by atoms with Crippen LogP contribution in [-0.2, 0) is 7.05 Å². The highest BCUT2D eigenvalue weighted by atomic mass is 16.6. The molecule has 2 rings (SSSR count). The van der Waals surface area contributed by atoms with Crippen LogP contribution in [0.25, 0.3) is 0 Å². The van der Waals surface area contributed by atoms with E-state index in [1.165, 1.54) is 0 Å². The van der Waals surface area contributed by atoms with E-state index in [1.54, 1.807) is 31.9 Å². The van der Waals surface area contributed by atoms with E-state index in [0.29, 0.717) is 11.6 Å². The second kappa shape index (κ2) is 4.88. The molecular formula is C10H13N7O2. The minimum absolute atomic E-state index is 0.125. The van der Waals surface area contributed by atoms with Crippen molar-refractivity contribution < 1.29 is 4.92 Å². The zero-order valence-corrected chi connectivity index (χ0v) is 10.7. The normalized spacial score (nSPS) is 10.3. The maximum absolute atomic E-state index is 10.9. The number of nitro groups is 1. The lowest BCUT2D eigenvalue weighted by Crippen LogP contribution is -2.04. The number of nitrogens with one attached hydrogen (secondary N) is 2. The molecule has 0 atom stereocenters. The van der Waals surface area contributed by atoms with Gasteiger partial charge >= 0.3 is 5.69 Å². The van der Waals surface area contributed by atoms with E-state index in [4.69, 9.17) is 0 Å². The molecule has 0 aliphatic rings. The van der Waals surface area contributed by atoms with Crippen LogP contribution >= 0.6 is 0 Å². The summed E-state index contributed by atoms with van der Waals surface area (Å²) in [5.41, 5.74) is 1.19. The molecular weight excluding hydrogens is 250 g/mol. The lowest BCUT2D eigenvalue weighted by Gasteiger charge is -2.06. The Morgan fingerprint density at radius 3 is 2.74 bits per heavy atom. The fourth-order valence-electron chi connectivity index (χ4n) is 1.57. The zero-order chi connectivity index (χ0) is 14.0. The lowest BCUT2D eigenvalue weighted by molar-refractivity contribution is -0.384. The largest absolute Gasteiger partial charge is 0.357 e. The van der Waals surface area contributed by atoms with Crippen molar-refractivity contribution in [1.29, 1.82) is 0 Å². The van der Waals surface area contributed by atoms with Crippen LogP contribution in [0.2, 0.25) is 0 Å². The Balaban J connectivity index is 2.42. The second-order valence-electron chi connectivity index (χ2n) is 3.86. The smallest absolute Gasteiger partial charge is 0.329 e. The summed E-state index contributed by atoms with van der Waals surface area (Å²) in [6.45, 7) is 1.80. The van der Waals surface area contributed by atoms with Crippen molar-refractivity contribution in [2.45, 2.75) is 6.92 Å². The van der Waals surface area contributed by atoms with Crippen molar-refractivity contribution in [1.82, 2.24) is 19.7 Å². The highest BCUT2D eigenvalue weighted by Crippen LogP contribution is 2.26. The highest BCUT2D eigenvalue weighted by molar-refractivity contribution is 5.66. The van der Waals surface area contributed by atoms with Gasteiger partial charge < -0.3 is 10.6 Å². The van der Waals surface area contributed by atoms with E-state index in [-0.39, 0.29) is 11.5 Å². The molecule has 0 aliphatic carbocycles. The van der Waals surface area contributed by atoms with Crippen LogP contribution in [0, 0.1) is 17.0 Å². The Morgan fingerprint density at radius 2 is 2.21 bits per heavy atom. The summed E-state index contributed by atoms with van der Waals surface area (Å²) in [5, 5.41) is 20.7. The molecule has 0 fully saturated rings. The van der Waals surface area contributed by atoms with E-state index >= 15 is 0 Å². The fourth-order valence-corrected chi connectivity index (χ4v) is 1.57. The van der Waals surface area contributed by atoms with E-state index in [1.807, 2.05) is 0 Å². The van der Waals surface area contributed by atoms with Gasteiger partial charge in [-0.2, -0.15) is 10.1 Å². The first kappa shape index (κ1) is 12.7. The van der Waals surface area contributed by atoms with Gasteiger partial charge in [-0.25, -0.2) is 4.98 Å². The van der Waals surface area contributed by atoms with E-state index in [2.05, 4.69) is 25.7 Å². The van der Waals surface area contributed by atoms with Crippen LogP contribution in [0.1, 0.15) is 5.69 Å². The lowest BCUT2D eigenvalue weighted by atomic mass is 10.4. The number of aromatic nitrogens is 4. The number of anilines is 3. The molecule has 0 aliphatic heterocycles. The van der Waals surface area contributed by atoms with Crippen LogP contribution in [0.4, 0.5) is 23.1 Å². The number of hydrogen-bond donors (Lipinski definition) is 2. The maximum Gasteiger partial charge on any atom is 0.329 e. The minimum atomic E-state index is -0.534. The quantitative estimate of drug-likeness (QED) is 0.630. The molecule has 19 heavy (non-hydrogen) atoms. The summed E-state index contributed by atoms with van der Waals surface area (Å²) >= 11 is 0. The third kappa shape index (κ3) is 2.59. The molecule has 0 unspecified atom stereocenters. The molecule has 0 amide bonds. The standard InChI is InChI=1S/C10H13N7O2/c1-6-7(5-16(3)15-6)13-9-8(17(18)19)4-12-10(11-2)14-9/h4-5H,1-3H3,(H2,11,12,13,14). The van der Waals surface area contributed by atoms with Crippen LogP contribution in [0.3, 0.4) is 0 Å². The predicted molar refractivity (Wildman–Crippen MR) is 69.5 cm³/mol. The van der Waals surface area contributed by atoms with Gasteiger partial charge in [0.25, 0.3) is 0 Å². The van der Waals surface area contributed by atoms with Crippen LogP contribution in [0.5, 0.6) is 0 Å². The van der Waals surface area contributed by atoms with Gasteiger partial charge in [-0.05, 0) is 6.92 Å². The SMILES string of the molecule is CNc1ncc([N+](=O)[O-])c(Nc2cn(C)nc2C)n1. The Hall–Kier alpha value is -2.71. The maximum atomic E-state index is 10.9. The molecule has 2 aromatic heterocycles. The van der Waals surface area contributed by atoms with Gasteiger partial charge in [0, 0.05) is 20.3 Å². The van der Waals surface area contributed by atoms with Crippen molar-refractivity contribution in [3.63, 3.8) is 0 Å². The van der Waals surface area contributed by atoms with Gasteiger partial charge in [0.2, 0.25) is 11.8 Å². The molecule has 2 heterocycles. The fraction of sp³-hybridized carbons (Fsp3) is 0.300. The zero-order valence-electron chi connectivity index (χ0n) is 10.7. The van der Waals surface area contributed by atoms with Crippen molar-refractivity contribution in [2.75, 3.05) is 17.7 Å². The Bertz CT molecular complexity index is 622. The number of aryl methyl sites for hydroxylation is 2. The van der Waals surface area contributed by atoms with Crippen molar-refractivity contribution in [3.05, 3.63) is 28.2 Å². The summed E-state index contributed by atoms with van der Waals surface area (Å²) in [6.07, 6.45) is 2.88. The first-order valence-corrected chi connectivity index (χ1v) is 5.47. The average molecular weight is 263 g/mol. The van der Waals surface area contributed by atoms with Gasteiger partial charge in [0.05, 0.1) is 16.3 Å². The summed E-state index contributed by atoms with van der Waals surface area (Å²) in [5.74, 6) is 0.426. The van der Waals surface area contributed by atoms with Crippen molar-refractivity contribution in [2.24, 2.45) is 7.05 Å². The number of nitrogens with zero attached hydrogens (tertiary/aromatic N) is 5. The molecule has 2 aromatic rings. The highest BCUT2D eigenvalue weighted by Gasteiger charge is 2.18. The first-order valence-electron chi connectivity index (χ1n) is 5.47. The van der Waals surface area contributed by atoms with E-state index < -0.39 is 4.92 Å². The monoisotopic (exact) mass is 263 g/mol. The van der Waals surface area contributed by atoms with Crippen LogP contribution in [0.15, 0.2) is 12.4 Å². The van der Waals surface area contributed by atoms with Gasteiger partial charge in [0.15, 0.2) is 0 Å². The summed E-state index contributed by atoms with van der Waals surface area (Å²) in [4.78, 5) is 18.3. The Morgan fingerprint density at radius 1 is 1.47 bits per heavy atom. The van der Waals surface area contributed by atoms with Crippen LogP contribution < -0.4 is 10.6 Å². The van der Waals surface area contributed by atoms with Gasteiger partial charge in [0.1, 0.15) is 6.20 Å². The molecule has 0 radical (unpaired) electrons. The van der Waals surface area contributed by atoms with Crippen molar-refractivity contribution >= 4 is 23.1 Å². The Kier molecular flexibility index (Phi) is 3.27. The molecule has 9 heteroatoms. The van der Waals surface area contributed by atoms with Gasteiger partial charge in [-0.3, -0.25) is 14.8 Å². The van der Waals surface area contributed by atoms with Crippen LogP contribution in [-0.4, -0.2) is 31.7 Å². The molecule has 0 saturated carbocycles.